The van der Waals surface area contributed by atoms with Gasteiger partial charge in [0.25, 0.3) is 0 Å². The van der Waals surface area contributed by atoms with E-state index < -0.39 is 0 Å². The molecule has 0 aromatic carbocycles. The number of halogens is 1. The Labute approximate surface area is 105 Å². The highest BCUT2D eigenvalue weighted by atomic mass is 35.5. The van der Waals surface area contributed by atoms with Crippen molar-refractivity contribution in [2.24, 2.45) is 0 Å². The van der Waals surface area contributed by atoms with E-state index in [-0.39, 0.29) is 0 Å². The molecule has 0 amide bonds. The molecule has 0 aliphatic carbocycles. The fourth-order valence-corrected chi connectivity index (χ4v) is 2.38. The van der Waals surface area contributed by atoms with Crippen molar-refractivity contribution in [1.29, 1.82) is 0 Å². The van der Waals surface area contributed by atoms with Crippen LogP contribution in [0.2, 0.25) is 5.15 Å². The summed E-state index contributed by atoms with van der Waals surface area (Å²) in [5.74, 6) is 0.928. The van der Waals surface area contributed by atoms with Crippen LogP contribution in [0.4, 0.5) is 5.82 Å². The van der Waals surface area contributed by atoms with Gasteiger partial charge in [-0.1, -0.05) is 23.4 Å². The van der Waals surface area contributed by atoms with Crippen molar-refractivity contribution < 1.29 is 0 Å². The van der Waals surface area contributed by atoms with Crippen molar-refractivity contribution in [3.63, 3.8) is 0 Å². The molecular formula is C10H15ClN4S. The van der Waals surface area contributed by atoms with E-state index in [1.165, 1.54) is 11.8 Å². The zero-order chi connectivity index (χ0) is 11.5. The van der Waals surface area contributed by atoms with Gasteiger partial charge in [-0.05, 0) is 13.2 Å². The Morgan fingerprint density at radius 2 is 2.38 bits per heavy atom. The second-order valence-corrected chi connectivity index (χ2v) is 5.00. The number of nitrogens with one attached hydrogen (secondary N) is 1. The first kappa shape index (κ1) is 12.0. The number of anilines is 1. The number of hydrogen-bond acceptors (Lipinski definition) is 5. The molecule has 4 nitrogen and oxygen atoms in total. The molecule has 16 heavy (non-hydrogen) atoms. The van der Waals surface area contributed by atoms with E-state index in [0.29, 0.717) is 11.2 Å². The van der Waals surface area contributed by atoms with Gasteiger partial charge in [0, 0.05) is 31.7 Å². The summed E-state index contributed by atoms with van der Waals surface area (Å²) in [4.78, 5) is 10.9. The molecule has 6 heteroatoms. The monoisotopic (exact) mass is 258 g/mol. The lowest BCUT2D eigenvalue weighted by molar-refractivity contribution is 0.481. The van der Waals surface area contributed by atoms with Crippen LogP contribution in [0, 0.1) is 0 Å². The normalized spacial score (nSPS) is 21.2. The molecule has 1 fully saturated rings. The molecule has 1 unspecified atom stereocenters. The summed E-state index contributed by atoms with van der Waals surface area (Å²) in [6.07, 6.45) is 1.95. The molecule has 2 heterocycles. The van der Waals surface area contributed by atoms with Crippen LogP contribution in [-0.2, 0) is 0 Å². The molecule has 88 valence electrons. The Kier molecular flexibility index (Phi) is 3.89. The highest BCUT2D eigenvalue weighted by Gasteiger charge is 2.17. The van der Waals surface area contributed by atoms with Gasteiger partial charge >= 0.3 is 0 Å². The van der Waals surface area contributed by atoms with Gasteiger partial charge < -0.3 is 10.2 Å². The molecule has 1 saturated heterocycles. The maximum atomic E-state index is 5.98. The van der Waals surface area contributed by atoms with E-state index in [0.717, 1.165) is 30.6 Å². The topological polar surface area (TPSA) is 41.1 Å². The first-order valence-corrected chi connectivity index (χ1v) is 6.86. The van der Waals surface area contributed by atoms with Crippen LogP contribution in [0.25, 0.3) is 0 Å². The summed E-state index contributed by atoms with van der Waals surface area (Å²) in [7, 11) is 0. The van der Waals surface area contributed by atoms with Crippen molar-refractivity contribution in [1.82, 2.24) is 15.3 Å². The van der Waals surface area contributed by atoms with E-state index in [1.54, 1.807) is 0 Å². The Bertz CT molecular complexity index is 374. The molecule has 1 aromatic rings. The van der Waals surface area contributed by atoms with Crippen LogP contribution in [0.5, 0.6) is 0 Å². The van der Waals surface area contributed by atoms with Gasteiger partial charge in [-0.25, -0.2) is 9.97 Å². The zero-order valence-electron chi connectivity index (χ0n) is 9.40. The number of rotatable bonds is 2. The summed E-state index contributed by atoms with van der Waals surface area (Å²) in [5, 5.41) is 4.65. The van der Waals surface area contributed by atoms with Crippen molar-refractivity contribution in [2.45, 2.75) is 18.1 Å². The van der Waals surface area contributed by atoms with E-state index in [1.807, 2.05) is 12.3 Å². The van der Waals surface area contributed by atoms with Gasteiger partial charge in [0.1, 0.15) is 11.0 Å². The minimum Gasteiger partial charge on any atom is -0.354 e. The molecule has 0 radical (unpaired) electrons. The summed E-state index contributed by atoms with van der Waals surface area (Å²) in [5.41, 5.74) is 0. The van der Waals surface area contributed by atoms with Gasteiger partial charge in [-0.3, -0.25) is 0 Å². The van der Waals surface area contributed by atoms with Crippen LogP contribution in [0.15, 0.2) is 11.2 Å². The average Bonchev–Trinajstić information content (AvgIpc) is 2.28. The first-order valence-electron chi connectivity index (χ1n) is 5.26. The van der Waals surface area contributed by atoms with Gasteiger partial charge in [0.15, 0.2) is 5.16 Å². The third-order valence-electron chi connectivity index (χ3n) is 2.54. The zero-order valence-corrected chi connectivity index (χ0v) is 11.0. The molecular weight excluding hydrogens is 244 g/mol. The van der Waals surface area contributed by atoms with Crippen molar-refractivity contribution in [3.05, 3.63) is 11.2 Å². The predicted octanol–water partition coefficient (Wildman–Crippen LogP) is 1.65. The van der Waals surface area contributed by atoms with E-state index in [4.69, 9.17) is 11.6 Å². The number of aromatic nitrogens is 2. The van der Waals surface area contributed by atoms with Gasteiger partial charge in [0.05, 0.1) is 0 Å². The smallest absolute Gasteiger partial charge is 0.190 e. The van der Waals surface area contributed by atoms with Crippen molar-refractivity contribution in [3.8, 4) is 0 Å². The predicted molar refractivity (Wildman–Crippen MR) is 68.5 cm³/mol. The second kappa shape index (κ2) is 5.21. The fourth-order valence-electron chi connectivity index (χ4n) is 1.78. The maximum absolute atomic E-state index is 5.98. The standard InChI is InChI=1S/C10H15ClN4S/c1-7-6-15(4-3-12-7)9-5-8(11)13-10(14-9)16-2/h5,7,12H,3-4,6H2,1-2H3. The average molecular weight is 259 g/mol. The van der Waals surface area contributed by atoms with Crippen LogP contribution in [-0.4, -0.2) is 41.9 Å². The maximum Gasteiger partial charge on any atom is 0.190 e. The van der Waals surface area contributed by atoms with E-state index >= 15 is 0 Å². The Morgan fingerprint density at radius 3 is 3.06 bits per heavy atom. The lowest BCUT2D eigenvalue weighted by atomic mass is 10.2. The molecule has 1 aromatic heterocycles. The van der Waals surface area contributed by atoms with Gasteiger partial charge in [-0.2, -0.15) is 0 Å². The molecule has 1 aliphatic heterocycles. The van der Waals surface area contributed by atoms with E-state index in [2.05, 4.69) is 27.1 Å². The molecule has 2 rings (SSSR count). The number of thioether (sulfide) groups is 1. The largest absolute Gasteiger partial charge is 0.354 e. The van der Waals surface area contributed by atoms with Crippen molar-refractivity contribution in [2.75, 3.05) is 30.8 Å². The Morgan fingerprint density at radius 1 is 1.56 bits per heavy atom. The summed E-state index contributed by atoms with van der Waals surface area (Å²) in [6.45, 7) is 5.08. The Hall–Kier alpha value is -0.520. The lowest BCUT2D eigenvalue weighted by Gasteiger charge is -2.32. The lowest BCUT2D eigenvalue weighted by Crippen LogP contribution is -2.49. The number of hydrogen-bond donors (Lipinski definition) is 1. The quantitative estimate of drug-likeness (QED) is 0.496. The van der Waals surface area contributed by atoms with Gasteiger partial charge in [0.2, 0.25) is 0 Å². The van der Waals surface area contributed by atoms with Crippen LogP contribution < -0.4 is 10.2 Å². The van der Waals surface area contributed by atoms with Crippen LogP contribution >= 0.6 is 23.4 Å². The Balaban J connectivity index is 2.21. The molecule has 1 atom stereocenters. The minimum atomic E-state index is 0.486. The first-order chi connectivity index (χ1) is 7.69. The third kappa shape index (κ3) is 2.78. The van der Waals surface area contributed by atoms with Crippen LogP contribution in [0.3, 0.4) is 0 Å². The van der Waals surface area contributed by atoms with Crippen LogP contribution in [0.1, 0.15) is 6.92 Å². The molecule has 1 N–H and O–H groups in total. The summed E-state index contributed by atoms with van der Waals surface area (Å²) >= 11 is 7.49. The second-order valence-electron chi connectivity index (χ2n) is 3.84. The molecule has 0 bridgehead atoms. The molecule has 0 spiro atoms. The fraction of sp³-hybridized carbons (Fsp3) is 0.600. The SMILES string of the molecule is CSc1nc(Cl)cc(N2CCNC(C)C2)n1. The molecule has 0 saturated carbocycles. The summed E-state index contributed by atoms with van der Waals surface area (Å²) < 4.78 is 0. The summed E-state index contributed by atoms with van der Waals surface area (Å²) in [6, 6.07) is 2.32. The third-order valence-corrected chi connectivity index (χ3v) is 3.28. The van der Waals surface area contributed by atoms with E-state index in [9.17, 15) is 0 Å². The van der Waals surface area contributed by atoms with Crippen molar-refractivity contribution >= 4 is 29.2 Å². The minimum absolute atomic E-state index is 0.486. The highest BCUT2D eigenvalue weighted by Crippen LogP contribution is 2.21. The number of nitrogens with zero attached hydrogens (tertiary/aromatic N) is 3. The van der Waals surface area contributed by atoms with Gasteiger partial charge in [-0.15, -0.1) is 0 Å². The number of piperazine rings is 1. The highest BCUT2D eigenvalue weighted by molar-refractivity contribution is 7.98. The molecule has 1 aliphatic rings.